The standard InChI is InChI=1S/C15H13BrFNO3/c1-2-20-15(19)13-12(8-3-4-8)18-14(21-13)9-5-6-10(16)11(17)7-9/h5-8H,2-4H2,1H3. The quantitative estimate of drug-likeness (QED) is 0.769. The lowest BCUT2D eigenvalue weighted by atomic mass is 10.2. The van der Waals surface area contributed by atoms with Gasteiger partial charge in [0.05, 0.1) is 16.8 Å². The highest BCUT2D eigenvalue weighted by Crippen LogP contribution is 2.42. The van der Waals surface area contributed by atoms with Gasteiger partial charge in [-0.2, -0.15) is 0 Å². The average molecular weight is 354 g/mol. The number of nitrogens with zero attached hydrogens (tertiary/aromatic N) is 1. The highest BCUT2D eigenvalue weighted by molar-refractivity contribution is 9.10. The Hall–Kier alpha value is -1.69. The third-order valence-electron chi connectivity index (χ3n) is 3.24. The van der Waals surface area contributed by atoms with Gasteiger partial charge in [-0.15, -0.1) is 0 Å². The molecule has 6 heteroatoms. The molecule has 4 nitrogen and oxygen atoms in total. The van der Waals surface area contributed by atoms with Crippen LogP contribution in [0, 0.1) is 5.82 Å². The Morgan fingerprint density at radius 1 is 1.52 bits per heavy atom. The lowest BCUT2D eigenvalue weighted by Crippen LogP contribution is -2.05. The molecule has 0 saturated heterocycles. The predicted molar refractivity (Wildman–Crippen MR) is 77.5 cm³/mol. The maximum absolute atomic E-state index is 13.6. The number of ether oxygens (including phenoxy) is 1. The molecule has 1 aliphatic rings. The summed E-state index contributed by atoms with van der Waals surface area (Å²) in [6, 6.07) is 4.59. The minimum Gasteiger partial charge on any atom is -0.460 e. The predicted octanol–water partition coefficient (Wildman–Crippen LogP) is 4.30. The van der Waals surface area contributed by atoms with Crippen molar-refractivity contribution >= 4 is 21.9 Å². The fourth-order valence-corrected chi connectivity index (χ4v) is 2.31. The van der Waals surface area contributed by atoms with E-state index in [-0.39, 0.29) is 24.2 Å². The number of oxazole rings is 1. The minimum atomic E-state index is -0.518. The normalized spacial score (nSPS) is 14.2. The van der Waals surface area contributed by atoms with Crippen LogP contribution < -0.4 is 0 Å². The molecular formula is C15H13BrFNO3. The Kier molecular flexibility index (Phi) is 3.80. The molecule has 1 aromatic heterocycles. The van der Waals surface area contributed by atoms with Crippen molar-refractivity contribution in [3.05, 3.63) is 39.9 Å². The van der Waals surface area contributed by atoms with E-state index in [1.54, 1.807) is 19.1 Å². The second kappa shape index (κ2) is 5.60. The van der Waals surface area contributed by atoms with Gasteiger partial charge < -0.3 is 9.15 Å². The van der Waals surface area contributed by atoms with Gasteiger partial charge in [0.25, 0.3) is 0 Å². The van der Waals surface area contributed by atoms with E-state index in [0.29, 0.717) is 15.7 Å². The maximum atomic E-state index is 13.6. The van der Waals surface area contributed by atoms with Gasteiger partial charge in [0, 0.05) is 11.5 Å². The second-order valence-electron chi connectivity index (χ2n) is 4.86. The fraction of sp³-hybridized carbons (Fsp3) is 0.333. The molecule has 110 valence electrons. The summed E-state index contributed by atoms with van der Waals surface area (Å²) in [6.07, 6.45) is 1.96. The van der Waals surface area contributed by atoms with Gasteiger partial charge >= 0.3 is 5.97 Å². The van der Waals surface area contributed by atoms with Crippen LogP contribution in [0.15, 0.2) is 27.1 Å². The number of aromatic nitrogens is 1. The highest BCUT2D eigenvalue weighted by Gasteiger charge is 2.34. The molecule has 0 atom stereocenters. The van der Waals surface area contributed by atoms with Crippen LogP contribution in [0.3, 0.4) is 0 Å². The van der Waals surface area contributed by atoms with E-state index in [1.165, 1.54) is 6.07 Å². The maximum Gasteiger partial charge on any atom is 0.376 e. The van der Waals surface area contributed by atoms with Gasteiger partial charge in [-0.25, -0.2) is 14.2 Å². The third kappa shape index (κ3) is 2.85. The summed E-state index contributed by atoms with van der Waals surface area (Å²) >= 11 is 3.10. The lowest BCUT2D eigenvalue weighted by Gasteiger charge is -1.99. The molecule has 0 unspecified atom stereocenters. The molecule has 1 fully saturated rings. The Bertz CT molecular complexity index is 694. The topological polar surface area (TPSA) is 52.3 Å². The number of benzene rings is 1. The number of carbonyl (C=O) groups excluding carboxylic acids is 1. The van der Waals surface area contributed by atoms with Gasteiger partial charge in [0.2, 0.25) is 11.7 Å². The molecular weight excluding hydrogens is 341 g/mol. The first-order valence-electron chi connectivity index (χ1n) is 6.73. The van der Waals surface area contributed by atoms with Gasteiger partial charge in [-0.05, 0) is 53.9 Å². The summed E-state index contributed by atoms with van der Waals surface area (Å²) in [5, 5.41) is 0. The zero-order chi connectivity index (χ0) is 15.0. The van der Waals surface area contributed by atoms with Crippen LogP contribution in [-0.2, 0) is 4.74 Å². The molecule has 0 radical (unpaired) electrons. The largest absolute Gasteiger partial charge is 0.460 e. The van der Waals surface area contributed by atoms with E-state index >= 15 is 0 Å². The highest BCUT2D eigenvalue weighted by atomic mass is 79.9. The first-order chi connectivity index (χ1) is 10.1. The van der Waals surface area contributed by atoms with E-state index in [1.807, 2.05) is 0 Å². The number of halogens is 2. The van der Waals surface area contributed by atoms with Crippen molar-refractivity contribution in [3.63, 3.8) is 0 Å². The van der Waals surface area contributed by atoms with Crippen LogP contribution in [0.25, 0.3) is 11.5 Å². The van der Waals surface area contributed by atoms with Crippen molar-refractivity contribution in [2.75, 3.05) is 6.61 Å². The van der Waals surface area contributed by atoms with E-state index in [0.717, 1.165) is 12.8 Å². The second-order valence-corrected chi connectivity index (χ2v) is 5.71. The molecule has 1 heterocycles. The summed E-state index contributed by atoms with van der Waals surface area (Å²) in [5.41, 5.74) is 1.11. The monoisotopic (exact) mass is 353 g/mol. The number of hydrogen-bond donors (Lipinski definition) is 0. The van der Waals surface area contributed by atoms with Crippen LogP contribution in [0.4, 0.5) is 4.39 Å². The van der Waals surface area contributed by atoms with Gasteiger partial charge in [-0.1, -0.05) is 0 Å². The molecule has 1 aliphatic carbocycles. The van der Waals surface area contributed by atoms with Gasteiger partial charge in [-0.3, -0.25) is 0 Å². The summed E-state index contributed by atoms with van der Waals surface area (Å²) < 4.78 is 24.5. The van der Waals surface area contributed by atoms with Crippen molar-refractivity contribution in [2.24, 2.45) is 0 Å². The molecule has 21 heavy (non-hydrogen) atoms. The van der Waals surface area contributed by atoms with Crippen molar-refractivity contribution in [3.8, 4) is 11.5 Å². The summed E-state index contributed by atoms with van der Waals surface area (Å²) in [5.74, 6) is -0.307. The summed E-state index contributed by atoms with van der Waals surface area (Å²) in [7, 11) is 0. The number of rotatable bonds is 4. The Balaban J connectivity index is 2.01. The van der Waals surface area contributed by atoms with Crippen LogP contribution >= 0.6 is 15.9 Å². The van der Waals surface area contributed by atoms with E-state index in [9.17, 15) is 9.18 Å². The first kappa shape index (κ1) is 14.3. The Morgan fingerprint density at radius 3 is 2.90 bits per heavy atom. The van der Waals surface area contributed by atoms with Crippen molar-refractivity contribution < 1.29 is 18.3 Å². The molecule has 0 amide bonds. The zero-order valence-corrected chi connectivity index (χ0v) is 12.9. The molecule has 0 aliphatic heterocycles. The molecule has 0 bridgehead atoms. The zero-order valence-electron chi connectivity index (χ0n) is 11.4. The van der Waals surface area contributed by atoms with Crippen LogP contribution in [0.2, 0.25) is 0 Å². The summed E-state index contributed by atoms with van der Waals surface area (Å²) in [6.45, 7) is 2.00. The van der Waals surface area contributed by atoms with Gasteiger partial charge in [0.15, 0.2) is 0 Å². The molecule has 3 rings (SSSR count). The lowest BCUT2D eigenvalue weighted by molar-refractivity contribution is 0.0489. The SMILES string of the molecule is CCOC(=O)c1oc(-c2ccc(Br)c(F)c2)nc1C1CC1. The van der Waals surface area contributed by atoms with Crippen LogP contribution in [-0.4, -0.2) is 17.6 Å². The molecule has 2 aromatic rings. The van der Waals surface area contributed by atoms with Crippen molar-refractivity contribution in [1.29, 1.82) is 0 Å². The number of esters is 1. The number of hydrogen-bond acceptors (Lipinski definition) is 4. The van der Waals surface area contributed by atoms with E-state index in [4.69, 9.17) is 9.15 Å². The first-order valence-corrected chi connectivity index (χ1v) is 7.52. The fourth-order valence-electron chi connectivity index (χ4n) is 2.06. The van der Waals surface area contributed by atoms with Crippen molar-refractivity contribution in [2.45, 2.75) is 25.7 Å². The average Bonchev–Trinajstić information content (AvgIpc) is 3.21. The van der Waals surface area contributed by atoms with Crippen LogP contribution in [0.1, 0.15) is 41.9 Å². The number of carbonyl (C=O) groups is 1. The molecule has 0 N–H and O–H groups in total. The third-order valence-corrected chi connectivity index (χ3v) is 3.89. The Labute approximate surface area is 129 Å². The van der Waals surface area contributed by atoms with E-state index < -0.39 is 11.8 Å². The van der Waals surface area contributed by atoms with E-state index in [2.05, 4.69) is 20.9 Å². The van der Waals surface area contributed by atoms with Gasteiger partial charge in [0.1, 0.15) is 5.82 Å². The molecule has 0 spiro atoms. The molecule has 1 aromatic carbocycles. The Morgan fingerprint density at radius 2 is 2.29 bits per heavy atom. The summed E-state index contributed by atoms with van der Waals surface area (Å²) in [4.78, 5) is 16.3. The minimum absolute atomic E-state index is 0.137. The molecule has 1 saturated carbocycles. The smallest absolute Gasteiger partial charge is 0.376 e. The van der Waals surface area contributed by atoms with Crippen molar-refractivity contribution in [1.82, 2.24) is 4.98 Å². The van der Waals surface area contributed by atoms with Crippen LogP contribution in [0.5, 0.6) is 0 Å².